The quantitative estimate of drug-likeness (QED) is 0.316. The summed E-state index contributed by atoms with van der Waals surface area (Å²) >= 11 is 6.70. The van der Waals surface area contributed by atoms with Crippen LogP contribution in [0.4, 0.5) is 0 Å². The molecule has 0 spiro atoms. The molecule has 0 aliphatic heterocycles. The zero-order valence-corrected chi connectivity index (χ0v) is 17.4. The first-order valence-corrected chi connectivity index (χ1v) is 12.5. The molecule has 3 heteroatoms. The van der Waals surface area contributed by atoms with Gasteiger partial charge in [-0.05, 0) is 48.5 Å². The number of hydrogen-bond acceptors (Lipinski definition) is 2. The molecule has 0 aromatic heterocycles. The van der Waals surface area contributed by atoms with Gasteiger partial charge in [0.15, 0.2) is 6.46 Å². The Morgan fingerprint density at radius 2 is 0.852 bits per heavy atom. The smallest absolute Gasteiger partial charge is 0.142 e. The average molecular weight is 404 g/mol. The zero-order chi connectivity index (χ0) is 18.5. The van der Waals surface area contributed by atoms with E-state index in [2.05, 4.69) is 109 Å². The molecule has 0 amide bonds. The van der Waals surface area contributed by atoms with E-state index < -0.39 is 6.46 Å². The highest BCUT2D eigenvalue weighted by atomic mass is 32.7. The molecule has 4 aromatic rings. The van der Waals surface area contributed by atoms with Gasteiger partial charge in [-0.2, -0.15) is 0 Å². The van der Waals surface area contributed by atoms with Crippen LogP contribution >= 0.6 is 30.5 Å². The fourth-order valence-electron chi connectivity index (χ4n) is 3.20. The lowest BCUT2D eigenvalue weighted by atomic mass is 10.4. The lowest BCUT2D eigenvalue weighted by Gasteiger charge is -2.26. The van der Waals surface area contributed by atoms with Crippen LogP contribution in [-0.2, 0) is 0 Å². The Morgan fingerprint density at radius 3 is 1.26 bits per heavy atom. The van der Waals surface area contributed by atoms with Gasteiger partial charge in [0, 0.05) is 4.90 Å². The van der Waals surface area contributed by atoms with Gasteiger partial charge < -0.3 is 0 Å². The second kappa shape index (κ2) is 8.35. The van der Waals surface area contributed by atoms with Crippen LogP contribution in [0.25, 0.3) is 0 Å². The highest BCUT2D eigenvalue weighted by molar-refractivity contribution is 8.69. The topological polar surface area (TPSA) is 0 Å². The molecule has 0 heterocycles. The summed E-state index contributed by atoms with van der Waals surface area (Å²) in [6, 6.07) is 41.1. The molecular weight excluding hydrogens is 383 g/mol. The monoisotopic (exact) mass is 403 g/mol. The van der Waals surface area contributed by atoms with Gasteiger partial charge >= 0.3 is 0 Å². The highest BCUT2D eigenvalue weighted by Gasteiger charge is 2.47. The van der Waals surface area contributed by atoms with Crippen LogP contribution in [0.3, 0.4) is 0 Å². The SMILES string of the molecule is Sc1ccccc1S[P+](c1ccccc1)(c1ccccc1)c1ccccc1. The van der Waals surface area contributed by atoms with Gasteiger partial charge in [0.25, 0.3) is 0 Å². The Kier molecular flexibility index (Phi) is 5.69. The van der Waals surface area contributed by atoms with Crippen LogP contribution in [0.2, 0.25) is 0 Å². The van der Waals surface area contributed by atoms with Gasteiger partial charge in [-0.3, -0.25) is 0 Å². The predicted molar refractivity (Wildman–Crippen MR) is 125 cm³/mol. The van der Waals surface area contributed by atoms with E-state index in [1.807, 2.05) is 17.4 Å². The summed E-state index contributed by atoms with van der Waals surface area (Å²) in [7, 11) is 0. The summed E-state index contributed by atoms with van der Waals surface area (Å²) in [5.41, 5.74) is 0. The third-order valence-corrected chi connectivity index (χ3v) is 12.2. The van der Waals surface area contributed by atoms with Crippen LogP contribution < -0.4 is 15.9 Å². The van der Waals surface area contributed by atoms with Crippen molar-refractivity contribution in [1.82, 2.24) is 0 Å². The van der Waals surface area contributed by atoms with Crippen LogP contribution in [0.15, 0.2) is 125 Å². The Bertz CT molecular complexity index is 905. The lowest BCUT2D eigenvalue weighted by molar-refractivity contribution is 1.27. The minimum atomic E-state index is -1.93. The highest BCUT2D eigenvalue weighted by Crippen LogP contribution is 2.69. The van der Waals surface area contributed by atoms with Gasteiger partial charge in [-0.25, -0.2) is 0 Å². The first kappa shape index (κ1) is 18.4. The standard InChI is InChI=1S/C24H19PS2/c26-23-18-10-11-19-24(23)27-25(20-12-4-1-5-13-20,21-14-6-2-7-15-21)22-16-8-3-9-17-22/h1-19H/p+1. The van der Waals surface area contributed by atoms with E-state index in [-0.39, 0.29) is 0 Å². The first-order valence-electron chi connectivity index (χ1n) is 8.84. The minimum Gasteiger partial charge on any atom is -0.142 e. The van der Waals surface area contributed by atoms with Gasteiger partial charge in [0.05, 0.1) is 16.3 Å². The number of benzene rings is 4. The van der Waals surface area contributed by atoms with E-state index in [9.17, 15) is 0 Å². The molecule has 0 atom stereocenters. The van der Waals surface area contributed by atoms with Gasteiger partial charge in [-0.1, -0.05) is 66.7 Å². The van der Waals surface area contributed by atoms with Crippen LogP contribution in [0, 0.1) is 0 Å². The Hall–Kier alpha value is -1.99. The van der Waals surface area contributed by atoms with E-state index in [1.54, 1.807) is 0 Å². The van der Waals surface area contributed by atoms with Crippen molar-refractivity contribution in [3.8, 4) is 0 Å². The van der Waals surface area contributed by atoms with Crippen molar-refractivity contribution in [3.05, 3.63) is 115 Å². The fraction of sp³-hybridized carbons (Fsp3) is 0. The van der Waals surface area contributed by atoms with Crippen molar-refractivity contribution in [3.63, 3.8) is 0 Å². The molecule has 0 aliphatic carbocycles. The first-order chi connectivity index (χ1) is 13.3. The lowest BCUT2D eigenvalue weighted by Crippen LogP contribution is -2.28. The van der Waals surface area contributed by atoms with Crippen molar-refractivity contribution in [2.45, 2.75) is 9.79 Å². The van der Waals surface area contributed by atoms with Crippen LogP contribution in [0.1, 0.15) is 0 Å². The third kappa shape index (κ3) is 3.71. The Labute approximate surface area is 171 Å². The number of thiol groups is 1. The maximum atomic E-state index is 4.74. The maximum Gasteiger partial charge on any atom is 0.176 e. The van der Waals surface area contributed by atoms with Crippen molar-refractivity contribution in [2.75, 3.05) is 0 Å². The van der Waals surface area contributed by atoms with E-state index in [0.29, 0.717) is 0 Å². The number of hydrogen-bond donors (Lipinski definition) is 1. The summed E-state index contributed by atoms with van der Waals surface area (Å²) in [6.45, 7) is -1.93. The normalized spacial score (nSPS) is 11.3. The summed E-state index contributed by atoms with van der Waals surface area (Å²) in [5, 5.41) is 4.09. The summed E-state index contributed by atoms with van der Waals surface area (Å²) in [5.74, 6) is 0. The molecule has 0 fully saturated rings. The van der Waals surface area contributed by atoms with E-state index >= 15 is 0 Å². The molecule has 0 N–H and O–H groups in total. The third-order valence-electron chi connectivity index (χ3n) is 4.46. The second-order valence-corrected chi connectivity index (χ2v) is 12.2. The van der Waals surface area contributed by atoms with Gasteiger partial charge in [-0.15, -0.1) is 12.6 Å². The van der Waals surface area contributed by atoms with Crippen LogP contribution in [-0.4, -0.2) is 0 Å². The van der Waals surface area contributed by atoms with Crippen molar-refractivity contribution >= 4 is 46.4 Å². The number of rotatable bonds is 5. The molecule has 0 unspecified atom stereocenters. The molecule has 0 nitrogen and oxygen atoms in total. The second-order valence-electron chi connectivity index (χ2n) is 6.17. The molecule has 0 bridgehead atoms. The zero-order valence-electron chi connectivity index (χ0n) is 14.8. The fourth-order valence-corrected chi connectivity index (χ4v) is 10.7. The summed E-state index contributed by atoms with van der Waals surface area (Å²) in [6.07, 6.45) is 0. The van der Waals surface area contributed by atoms with Gasteiger partial charge in [0.1, 0.15) is 15.9 Å². The van der Waals surface area contributed by atoms with E-state index in [0.717, 1.165) is 4.90 Å². The van der Waals surface area contributed by atoms with Crippen molar-refractivity contribution in [2.24, 2.45) is 0 Å². The van der Waals surface area contributed by atoms with E-state index in [1.165, 1.54) is 20.8 Å². The summed E-state index contributed by atoms with van der Waals surface area (Å²) < 4.78 is 0. The Balaban J connectivity index is 2.02. The predicted octanol–water partition coefficient (Wildman–Crippen LogP) is 5.98. The van der Waals surface area contributed by atoms with Crippen molar-refractivity contribution in [1.29, 1.82) is 0 Å². The van der Waals surface area contributed by atoms with E-state index in [4.69, 9.17) is 12.6 Å². The molecule has 4 rings (SSSR count). The summed E-state index contributed by atoms with van der Waals surface area (Å²) in [4.78, 5) is 2.24. The molecule has 0 aliphatic rings. The molecule has 0 radical (unpaired) electrons. The van der Waals surface area contributed by atoms with Crippen LogP contribution in [0.5, 0.6) is 0 Å². The minimum absolute atomic E-state index is 1.02. The molecule has 4 aromatic carbocycles. The average Bonchev–Trinajstić information content (AvgIpc) is 2.75. The molecular formula is C24H20PS2+. The van der Waals surface area contributed by atoms with Crippen molar-refractivity contribution < 1.29 is 0 Å². The van der Waals surface area contributed by atoms with Gasteiger partial charge in [0.2, 0.25) is 0 Å². The maximum absolute atomic E-state index is 4.74. The largest absolute Gasteiger partial charge is 0.176 e. The Morgan fingerprint density at radius 1 is 0.481 bits per heavy atom. The molecule has 132 valence electrons. The molecule has 0 saturated heterocycles. The molecule has 0 saturated carbocycles. The molecule has 27 heavy (non-hydrogen) atoms.